The smallest absolute Gasteiger partial charge is 0.256 e. The van der Waals surface area contributed by atoms with Gasteiger partial charge in [0.15, 0.2) is 0 Å². The number of benzene rings is 1. The van der Waals surface area contributed by atoms with Gasteiger partial charge in [0.2, 0.25) is 0 Å². The van der Waals surface area contributed by atoms with Crippen LogP contribution in [0.5, 0.6) is 0 Å². The highest BCUT2D eigenvalue weighted by Crippen LogP contribution is 2.24. The van der Waals surface area contributed by atoms with E-state index < -0.39 is 5.60 Å². The average molecular weight is 354 g/mol. The summed E-state index contributed by atoms with van der Waals surface area (Å²) in [6.07, 6.45) is 2.75. The maximum Gasteiger partial charge on any atom is 0.256 e. The van der Waals surface area contributed by atoms with Crippen molar-refractivity contribution < 1.29 is 14.3 Å². The highest BCUT2D eigenvalue weighted by molar-refractivity contribution is 6.03. The van der Waals surface area contributed by atoms with Crippen LogP contribution in [0.1, 0.15) is 23.2 Å². The number of pyridine rings is 1. The third kappa shape index (κ3) is 4.07. The molecule has 2 aromatic rings. The molecule has 1 aromatic heterocycles. The summed E-state index contributed by atoms with van der Waals surface area (Å²) in [6.45, 7) is 1.48. The van der Waals surface area contributed by atoms with Crippen molar-refractivity contribution >= 4 is 23.3 Å². The molecule has 1 aromatic carbocycles. The Balaban J connectivity index is 1.62. The molecule has 0 bridgehead atoms. The summed E-state index contributed by atoms with van der Waals surface area (Å²) >= 11 is 0. The van der Waals surface area contributed by atoms with Crippen LogP contribution in [0.25, 0.3) is 0 Å². The predicted molar refractivity (Wildman–Crippen MR) is 99.1 cm³/mol. The van der Waals surface area contributed by atoms with Gasteiger partial charge in [-0.2, -0.15) is 0 Å². The van der Waals surface area contributed by atoms with Gasteiger partial charge in [0.25, 0.3) is 11.8 Å². The van der Waals surface area contributed by atoms with E-state index >= 15 is 0 Å². The van der Waals surface area contributed by atoms with Crippen LogP contribution < -0.4 is 16.0 Å². The molecule has 26 heavy (non-hydrogen) atoms. The van der Waals surface area contributed by atoms with E-state index in [1.165, 1.54) is 6.20 Å². The molecule has 136 valence electrons. The number of nitrogens with zero attached hydrogens (tertiary/aromatic N) is 1. The SMILES string of the molecule is COC1(C(=O)Nc2ccc(NC(=O)c3ccccc3)nc2)CCNCC1. The summed E-state index contributed by atoms with van der Waals surface area (Å²) in [6, 6.07) is 12.3. The first-order valence-corrected chi connectivity index (χ1v) is 8.53. The first-order chi connectivity index (χ1) is 12.6. The van der Waals surface area contributed by atoms with Crippen molar-refractivity contribution in [3.8, 4) is 0 Å². The molecule has 1 aliphatic rings. The lowest BCUT2D eigenvalue weighted by molar-refractivity contribution is -0.140. The summed E-state index contributed by atoms with van der Waals surface area (Å²) < 4.78 is 5.51. The quantitative estimate of drug-likeness (QED) is 0.764. The monoisotopic (exact) mass is 354 g/mol. The van der Waals surface area contributed by atoms with E-state index in [9.17, 15) is 9.59 Å². The fourth-order valence-electron chi connectivity index (χ4n) is 2.92. The molecule has 0 aliphatic carbocycles. The lowest BCUT2D eigenvalue weighted by Gasteiger charge is -2.34. The molecule has 3 rings (SSSR count). The summed E-state index contributed by atoms with van der Waals surface area (Å²) in [4.78, 5) is 28.9. The Morgan fingerprint density at radius 1 is 1.08 bits per heavy atom. The van der Waals surface area contributed by atoms with Crippen molar-refractivity contribution in [1.29, 1.82) is 0 Å². The first-order valence-electron chi connectivity index (χ1n) is 8.53. The average Bonchev–Trinajstić information content (AvgIpc) is 2.70. The van der Waals surface area contributed by atoms with Gasteiger partial charge in [-0.05, 0) is 50.2 Å². The number of piperidine rings is 1. The number of nitrogens with one attached hydrogen (secondary N) is 3. The zero-order chi connectivity index (χ0) is 18.4. The second-order valence-corrected chi connectivity index (χ2v) is 6.15. The lowest BCUT2D eigenvalue weighted by Crippen LogP contribution is -2.51. The highest BCUT2D eigenvalue weighted by Gasteiger charge is 2.39. The van der Waals surface area contributed by atoms with Crippen LogP contribution in [0.2, 0.25) is 0 Å². The Labute approximate surface area is 152 Å². The molecule has 0 radical (unpaired) electrons. The molecule has 7 heteroatoms. The molecule has 0 atom stereocenters. The molecule has 0 saturated carbocycles. The molecule has 2 amide bonds. The summed E-state index contributed by atoms with van der Waals surface area (Å²) in [5, 5.41) is 8.79. The molecule has 7 nitrogen and oxygen atoms in total. The maximum absolute atomic E-state index is 12.6. The van der Waals surface area contributed by atoms with Crippen LogP contribution in [-0.4, -0.2) is 42.6 Å². The minimum absolute atomic E-state index is 0.177. The van der Waals surface area contributed by atoms with Crippen molar-refractivity contribution in [2.45, 2.75) is 18.4 Å². The summed E-state index contributed by atoms with van der Waals surface area (Å²) in [5.41, 5.74) is 0.299. The minimum Gasteiger partial charge on any atom is -0.368 e. The summed E-state index contributed by atoms with van der Waals surface area (Å²) in [5.74, 6) is 0.00692. The second-order valence-electron chi connectivity index (χ2n) is 6.15. The fraction of sp³-hybridized carbons (Fsp3) is 0.316. The van der Waals surface area contributed by atoms with Crippen LogP contribution >= 0.6 is 0 Å². The van der Waals surface area contributed by atoms with Gasteiger partial charge in [0.05, 0.1) is 11.9 Å². The van der Waals surface area contributed by atoms with E-state index in [1.807, 2.05) is 6.07 Å². The standard InChI is InChI=1S/C19H22N4O3/c1-26-19(9-11-20-12-10-19)18(25)22-15-7-8-16(21-13-15)23-17(24)14-5-3-2-4-6-14/h2-8,13,20H,9-12H2,1H3,(H,22,25)(H,21,23,24). The van der Waals surface area contributed by atoms with E-state index in [1.54, 1.807) is 43.5 Å². The predicted octanol–water partition coefficient (Wildman–Crippen LogP) is 2.04. The van der Waals surface area contributed by atoms with Crippen molar-refractivity contribution in [2.75, 3.05) is 30.8 Å². The van der Waals surface area contributed by atoms with Crippen LogP contribution in [-0.2, 0) is 9.53 Å². The zero-order valence-corrected chi connectivity index (χ0v) is 14.6. The number of rotatable bonds is 5. The first kappa shape index (κ1) is 18.0. The van der Waals surface area contributed by atoms with Gasteiger partial charge in [-0.3, -0.25) is 9.59 Å². The van der Waals surface area contributed by atoms with Gasteiger partial charge < -0.3 is 20.7 Å². The van der Waals surface area contributed by atoms with Crippen molar-refractivity contribution in [2.24, 2.45) is 0 Å². The van der Waals surface area contributed by atoms with Crippen molar-refractivity contribution in [3.63, 3.8) is 0 Å². The Morgan fingerprint density at radius 2 is 1.81 bits per heavy atom. The van der Waals surface area contributed by atoms with Crippen LogP contribution in [0.3, 0.4) is 0 Å². The number of hydrogen-bond acceptors (Lipinski definition) is 5. The number of methoxy groups -OCH3 is 1. The van der Waals surface area contributed by atoms with E-state index in [0.717, 1.165) is 13.1 Å². The fourth-order valence-corrected chi connectivity index (χ4v) is 2.92. The van der Waals surface area contributed by atoms with Crippen molar-refractivity contribution in [1.82, 2.24) is 10.3 Å². The number of carbonyl (C=O) groups excluding carboxylic acids is 2. The van der Waals surface area contributed by atoms with Gasteiger partial charge >= 0.3 is 0 Å². The molecule has 2 heterocycles. The molecule has 3 N–H and O–H groups in total. The topological polar surface area (TPSA) is 92.4 Å². The Hall–Kier alpha value is -2.77. The molecular formula is C19H22N4O3. The summed E-state index contributed by atoms with van der Waals surface area (Å²) in [7, 11) is 1.56. The van der Waals surface area contributed by atoms with Gasteiger partial charge in [0, 0.05) is 12.7 Å². The number of carbonyl (C=O) groups is 2. The molecule has 1 aliphatic heterocycles. The van der Waals surface area contributed by atoms with Crippen LogP contribution in [0.15, 0.2) is 48.7 Å². The third-order valence-electron chi connectivity index (χ3n) is 4.51. The Kier molecular flexibility index (Phi) is 5.60. The van der Waals surface area contributed by atoms with E-state index in [0.29, 0.717) is 29.9 Å². The normalized spacial score (nSPS) is 15.9. The molecule has 1 saturated heterocycles. The number of amides is 2. The molecular weight excluding hydrogens is 332 g/mol. The van der Waals surface area contributed by atoms with Crippen molar-refractivity contribution in [3.05, 3.63) is 54.2 Å². The Morgan fingerprint density at radius 3 is 2.42 bits per heavy atom. The highest BCUT2D eigenvalue weighted by atomic mass is 16.5. The number of hydrogen-bond donors (Lipinski definition) is 3. The third-order valence-corrected chi connectivity index (χ3v) is 4.51. The van der Waals surface area contributed by atoms with E-state index in [4.69, 9.17) is 4.74 Å². The number of ether oxygens (including phenoxy) is 1. The van der Waals surface area contributed by atoms with E-state index in [2.05, 4.69) is 20.9 Å². The molecule has 1 fully saturated rings. The van der Waals surface area contributed by atoms with E-state index in [-0.39, 0.29) is 11.8 Å². The van der Waals surface area contributed by atoms with Gasteiger partial charge in [-0.25, -0.2) is 4.98 Å². The largest absolute Gasteiger partial charge is 0.368 e. The zero-order valence-electron chi connectivity index (χ0n) is 14.6. The van der Waals surface area contributed by atoms with Gasteiger partial charge in [-0.15, -0.1) is 0 Å². The number of anilines is 2. The maximum atomic E-state index is 12.6. The minimum atomic E-state index is -0.814. The number of aromatic nitrogens is 1. The van der Waals surface area contributed by atoms with Gasteiger partial charge in [-0.1, -0.05) is 18.2 Å². The van der Waals surface area contributed by atoms with Gasteiger partial charge in [0.1, 0.15) is 11.4 Å². The second kappa shape index (κ2) is 8.07. The molecule has 0 unspecified atom stereocenters. The Bertz CT molecular complexity index is 756. The lowest BCUT2D eigenvalue weighted by atomic mass is 9.91. The molecule has 0 spiro atoms. The van der Waals surface area contributed by atoms with Crippen LogP contribution in [0.4, 0.5) is 11.5 Å². The van der Waals surface area contributed by atoms with Crippen LogP contribution in [0, 0.1) is 0 Å².